The molecule has 9 nitrogen and oxygen atoms in total. The van der Waals surface area contributed by atoms with Gasteiger partial charge in [-0.3, -0.25) is 24.6 Å². The minimum Gasteiger partial charge on any atom is -0.492 e. The first-order chi connectivity index (χ1) is 17.6. The molecule has 1 spiro atoms. The quantitative estimate of drug-likeness (QED) is 0.608. The van der Waals surface area contributed by atoms with Crippen LogP contribution in [0, 0.1) is 0 Å². The van der Waals surface area contributed by atoms with Crippen molar-refractivity contribution in [1.29, 1.82) is 0 Å². The molecule has 0 radical (unpaired) electrons. The van der Waals surface area contributed by atoms with Gasteiger partial charge in [-0.2, -0.15) is 0 Å². The highest BCUT2D eigenvalue weighted by Crippen LogP contribution is 2.49. The van der Waals surface area contributed by atoms with Gasteiger partial charge in [0.05, 0.1) is 18.0 Å². The van der Waals surface area contributed by atoms with Gasteiger partial charge >= 0.3 is 0 Å². The van der Waals surface area contributed by atoms with E-state index < -0.39 is 21.8 Å². The molecule has 1 unspecified atom stereocenters. The Bertz CT molecular complexity index is 1430. The number of carbonyl (C=O) groups is 3. The zero-order valence-electron chi connectivity index (χ0n) is 20.7. The molecular formula is C27H29N3O6S. The Kier molecular flexibility index (Phi) is 5.65. The third-order valence-corrected chi connectivity index (χ3v) is 9.39. The predicted molar refractivity (Wildman–Crippen MR) is 134 cm³/mol. The highest BCUT2D eigenvalue weighted by atomic mass is 32.2. The molecule has 194 valence electrons. The molecule has 6 rings (SSSR count). The van der Waals surface area contributed by atoms with Crippen molar-refractivity contribution in [3.8, 4) is 5.75 Å². The predicted octanol–water partition coefficient (Wildman–Crippen LogP) is 1.78. The lowest BCUT2D eigenvalue weighted by molar-refractivity contribution is -0.136. The number of fused-ring (bicyclic) bond motifs is 4. The summed E-state index contributed by atoms with van der Waals surface area (Å²) >= 11 is 0. The maximum Gasteiger partial charge on any atom is 0.255 e. The molecule has 3 amide bonds. The van der Waals surface area contributed by atoms with Gasteiger partial charge in [0.2, 0.25) is 11.8 Å². The van der Waals surface area contributed by atoms with Crippen LogP contribution >= 0.6 is 0 Å². The summed E-state index contributed by atoms with van der Waals surface area (Å²) in [4.78, 5) is 41.4. The van der Waals surface area contributed by atoms with E-state index in [2.05, 4.69) is 10.2 Å². The van der Waals surface area contributed by atoms with Crippen LogP contribution < -0.4 is 10.1 Å². The molecule has 1 N–H and O–H groups in total. The van der Waals surface area contributed by atoms with Crippen molar-refractivity contribution >= 4 is 27.6 Å². The molecular weight excluding hydrogens is 494 g/mol. The maximum absolute atomic E-state index is 13.2. The molecule has 10 heteroatoms. The van der Waals surface area contributed by atoms with Crippen LogP contribution in [0.5, 0.6) is 5.75 Å². The number of nitrogens with zero attached hydrogens (tertiary/aromatic N) is 2. The van der Waals surface area contributed by atoms with Crippen LogP contribution in [0.25, 0.3) is 0 Å². The number of hydrogen-bond acceptors (Lipinski definition) is 7. The lowest BCUT2D eigenvalue weighted by Crippen LogP contribution is -2.52. The minimum atomic E-state index is -3.24. The van der Waals surface area contributed by atoms with E-state index in [9.17, 15) is 22.8 Å². The van der Waals surface area contributed by atoms with Crippen molar-refractivity contribution in [3.05, 3.63) is 58.7 Å². The zero-order chi connectivity index (χ0) is 25.9. The van der Waals surface area contributed by atoms with E-state index in [1.165, 1.54) is 6.26 Å². The van der Waals surface area contributed by atoms with Gasteiger partial charge in [-0.1, -0.05) is 18.2 Å². The van der Waals surface area contributed by atoms with Crippen molar-refractivity contribution in [1.82, 2.24) is 15.1 Å². The molecule has 0 aliphatic carbocycles. The third-order valence-electron chi connectivity index (χ3n) is 8.28. The smallest absolute Gasteiger partial charge is 0.255 e. The Labute approximate surface area is 215 Å². The number of piperidine rings is 2. The number of amides is 3. The molecule has 0 aromatic heterocycles. The van der Waals surface area contributed by atoms with Gasteiger partial charge in [0.25, 0.3) is 5.91 Å². The molecule has 0 saturated carbocycles. The first-order valence-electron chi connectivity index (χ1n) is 12.6. The highest BCUT2D eigenvalue weighted by molar-refractivity contribution is 7.90. The first-order valence-corrected chi connectivity index (χ1v) is 14.5. The van der Waals surface area contributed by atoms with E-state index in [4.69, 9.17) is 4.74 Å². The van der Waals surface area contributed by atoms with Gasteiger partial charge in [0.1, 0.15) is 11.8 Å². The fourth-order valence-electron chi connectivity index (χ4n) is 6.17. The number of carbonyl (C=O) groups excluding carboxylic acids is 3. The zero-order valence-corrected chi connectivity index (χ0v) is 21.5. The molecule has 2 aromatic carbocycles. The number of ether oxygens (including phenoxy) is 1. The van der Waals surface area contributed by atoms with Crippen molar-refractivity contribution in [2.24, 2.45) is 0 Å². The van der Waals surface area contributed by atoms with Crippen molar-refractivity contribution in [2.45, 2.75) is 55.1 Å². The van der Waals surface area contributed by atoms with Crippen molar-refractivity contribution in [3.63, 3.8) is 0 Å². The Morgan fingerprint density at radius 1 is 1.11 bits per heavy atom. The van der Waals surface area contributed by atoms with Gasteiger partial charge in [0.15, 0.2) is 9.84 Å². The molecule has 0 bridgehead atoms. The third kappa shape index (κ3) is 4.12. The standard InChI is InChI=1S/C27H29N3O6S/c1-37(34,35)18-4-2-3-17(13-18)14-29-11-9-27(10-12-29)16-36-24-20-15-30(22-7-8-23(31)28-25(22)32)26(33)19(20)5-6-21(24)27/h2-6,13,22H,7-12,14-16H2,1H3,(H,28,31,32). The van der Waals surface area contributed by atoms with Crippen LogP contribution in [0.4, 0.5) is 0 Å². The van der Waals surface area contributed by atoms with Gasteiger partial charge in [-0.15, -0.1) is 0 Å². The summed E-state index contributed by atoms with van der Waals surface area (Å²) in [6.07, 6.45) is 3.58. The Morgan fingerprint density at radius 2 is 1.89 bits per heavy atom. The summed E-state index contributed by atoms with van der Waals surface area (Å²) in [6.45, 7) is 3.26. The maximum atomic E-state index is 13.2. The highest BCUT2D eigenvalue weighted by Gasteiger charge is 2.47. The first kappa shape index (κ1) is 24.1. The van der Waals surface area contributed by atoms with Crippen molar-refractivity contribution < 1.29 is 27.5 Å². The topological polar surface area (TPSA) is 113 Å². The monoisotopic (exact) mass is 523 g/mol. The summed E-state index contributed by atoms with van der Waals surface area (Å²) in [5.41, 5.74) is 3.39. The number of imide groups is 1. The summed E-state index contributed by atoms with van der Waals surface area (Å²) in [5, 5.41) is 2.35. The molecule has 1 atom stereocenters. The SMILES string of the molecule is CS(=O)(=O)c1cccc(CN2CCC3(CC2)COc2c3ccc3c2CN(C2CCC(=O)NC2=O)C3=O)c1. The van der Waals surface area contributed by atoms with Gasteiger partial charge in [-0.05, 0) is 56.1 Å². The molecule has 4 aliphatic heterocycles. The molecule has 2 saturated heterocycles. The number of benzene rings is 2. The van der Waals surface area contributed by atoms with E-state index >= 15 is 0 Å². The van der Waals surface area contributed by atoms with E-state index in [-0.39, 0.29) is 23.7 Å². The molecule has 4 heterocycles. The van der Waals surface area contributed by atoms with Crippen LogP contribution in [0.1, 0.15) is 52.7 Å². The number of sulfone groups is 1. The second kappa shape index (κ2) is 8.66. The summed E-state index contributed by atoms with van der Waals surface area (Å²) in [7, 11) is -3.24. The summed E-state index contributed by atoms with van der Waals surface area (Å²) in [5.74, 6) is -0.134. The second-order valence-electron chi connectivity index (χ2n) is 10.6. The Balaban J connectivity index is 1.18. The largest absolute Gasteiger partial charge is 0.492 e. The molecule has 37 heavy (non-hydrogen) atoms. The summed E-state index contributed by atoms with van der Waals surface area (Å²) in [6, 6.07) is 10.4. The van der Waals surface area contributed by atoms with Crippen LogP contribution in [0.2, 0.25) is 0 Å². The van der Waals surface area contributed by atoms with Gasteiger partial charge in [-0.25, -0.2) is 8.42 Å². The number of likely N-dealkylation sites (tertiary alicyclic amines) is 1. The van der Waals surface area contributed by atoms with Gasteiger partial charge < -0.3 is 9.64 Å². The molecule has 2 fully saturated rings. The lowest BCUT2D eigenvalue weighted by atomic mass is 9.74. The second-order valence-corrected chi connectivity index (χ2v) is 12.6. The minimum absolute atomic E-state index is 0.124. The summed E-state index contributed by atoms with van der Waals surface area (Å²) < 4.78 is 30.1. The van der Waals surface area contributed by atoms with Crippen LogP contribution in [-0.2, 0) is 37.9 Å². The normalized spacial score (nSPS) is 23.1. The van der Waals surface area contributed by atoms with E-state index in [0.29, 0.717) is 36.6 Å². The van der Waals surface area contributed by atoms with Gasteiger partial charge in [0, 0.05) is 41.3 Å². The van der Waals surface area contributed by atoms with Crippen LogP contribution in [0.3, 0.4) is 0 Å². The van der Waals surface area contributed by atoms with E-state index in [1.807, 2.05) is 18.2 Å². The number of rotatable bonds is 4. The number of nitrogens with one attached hydrogen (secondary N) is 1. The molecule has 2 aromatic rings. The van der Waals surface area contributed by atoms with E-state index in [1.54, 1.807) is 23.1 Å². The number of hydrogen-bond donors (Lipinski definition) is 1. The average molecular weight is 524 g/mol. The molecule has 4 aliphatic rings. The van der Waals surface area contributed by atoms with Crippen molar-refractivity contribution in [2.75, 3.05) is 26.0 Å². The Hall–Kier alpha value is -3.24. The van der Waals surface area contributed by atoms with Crippen LogP contribution in [-0.4, -0.2) is 67.9 Å². The van der Waals surface area contributed by atoms with E-state index in [0.717, 1.165) is 48.4 Å². The average Bonchev–Trinajstić information content (AvgIpc) is 3.38. The lowest BCUT2D eigenvalue weighted by Gasteiger charge is -2.38. The Morgan fingerprint density at radius 3 is 2.62 bits per heavy atom. The van der Waals surface area contributed by atoms with Crippen LogP contribution in [0.15, 0.2) is 41.3 Å². The fourth-order valence-corrected chi connectivity index (χ4v) is 6.86. The fraction of sp³-hybridized carbons (Fsp3) is 0.444.